The number of anilines is 1. The second-order valence-electron chi connectivity index (χ2n) is 4.44. The minimum Gasteiger partial charge on any atom is -0.479 e. The quantitative estimate of drug-likeness (QED) is 0.597. The van der Waals surface area contributed by atoms with Crippen molar-refractivity contribution in [1.82, 2.24) is 5.32 Å². The van der Waals surface area contributed by atoms with E-state index in [1.807, 2.05) is 0 Å². The number of amides is 1. The number of nitrogens with one attached hydrogen (secondary N) is 1. The van der Waals surface area contributed by atoms with Gasteiger partial charge in [0.05, 0.1) is 5.69 Å². The fraction of sp³-hybridized carbons (Fsp3) is 0.500. The molecule has 1 amide bonds. The first-order valence-electron chi connectivity index (χ1n) is 6.54. The molecule has 0 aliphatic heterocycles. The highest BCUT2D eigenvalue weighted by molar-refractivity contribution is 6.30. The van der Waals surface area contributed by atoms with Crippen LogP contribution in [0.3, 0.4) is 0 Å². The molecule has 5 heteroatoms. The lowest BCUT2D eigenvalue weighted by molar-refractivity contribution is -0.127. The van der Waals surface area contributed by atoms with Crippen LogP contribution in [-0.2, 0) is 4.79 Å². The van der Waals surface area contributed by atoms with Crippen LogP contribution < -0.4 is 15.8 Å². The molecule has 0 spiro atoms. The largest absolute Gasteiger partial charge is 0.479 e. The van der Waals surface area contributed by atoms with E-state index in [4.69, 9.17) is 22.1 Å². The predicted molar refractivity (Wildman–Crippen MR) is 78.5 cm³/mol. The van der Waals surface area contributed by atoms with E-state index < -0.39 is 6.10 Å². The summed E-state index contributed by atoms with van der Waals surface area (Å²) in [5, 5.41) is 3.38. The second kappa shape index (κ2) is 7.89. The third-order valence-electron chi connectivity index (χ3n) is 2.72. The molecule has 3 N–H and O–H groups in total. The maximum absolute atomic E-state index is 11.8. The van der Waals surface area contributed by atoms with Crippen molar-refractivity contribution in [2.75, 3.05) is 12.3 Å². The van der Waals surface area contributed by atoms with Gasteiger partial charge in [0.2, 0.25) is 0 Å². The Morgan fingerprint density at radius 1 is 1.47 bits per heavy atom. The van der Waals surface area contributed by atoms with Crippen LogP contribution in [0.2, 0.25) is 5.02 Å². The van der Waals surface area contributed by atoms with Gasteiger partial charge in [-0.2, -0.15) is 0 Å². The van der Waals surface area contributed by atoms with Crippen LogP contribution in [0.5, 0.6) is 5.75 Å². The lowest BCUT2D eigenvalue weighted by Crippen LogP contribution is -2.36. The highest BCUT2D eigenvalue weighted by atomic mass is 35.5. The van der Waals surface area contributed by atoms with Crippen molar-refractivity contribution in [1.29, 1.82) is 0 Å². The maximum Gasteiger partial charge on any atom is 0.260 e. The summed E-state index contributed by atoms with van der Waals surface area (Å²) in [6.07, 6.45) is 2.64. The third kappa shape index (κ3) is 5.39. The summed E-state index contributed by atoms with van der Waals surface area (Å²) in [5.74, 6) is 0.339. The molecule has 4 nitrogen and oxygen atoms in total. The average Bonchev–Trinajstić information content (AvgIpc) is 2.37. The van der Waals surface area contributed by atoms with Gasteiger partial charge in [0.25, 0.3) is 5.91 Å². The molecule has 1 rings (SSSR count). The molecular weight excluding hydrogens is 264 g/mol. The molecule has 0 aromatic heterocycles. The van der Waals surface area contributed by atoms with Crippen LogP contribution >= 0.6 is 11.6 Å². The summed E-state index contributed by atoms with van der Waals surface area (Å²) in [7, 11) is 0. The normalized spacial score (nSPS) is 11.9. The van der Waals surface area contributed by atoms with E-state index >= 15 is 0 Å². The van der Waals surface area contributed by atoms with Gasteiger partial charge in [-0.1, -0.05) is 31.4 Å². The monoisotopic (exact) mass is 284 g/mol. The van der Waals surface area contributed by atoms with E-state index in [-0.39, 0.29) is 5.91 Å². The molecule has 1 unspecified atom stereocenters. The standard InChI is InChI=1S/C14H21ClN2O2/c1-3-4-5-8-17-14(18)10(2)19-13-7-6-11(15)9-12(13)16/h6-7,9-10H,3-5,8,16H2,1-2H3,(H,17,18). The van der Waals surface area contributed by atoms with Gasteiger partial charge in [-0.25, -0.2) is 0 Å². The van der Waals surface area contributed by atoms with E-state index in [2.05, 4.69) is 12.2 Å². The van der Waals surface area contributed by atoms with Crippen LogP contribution in [0.25, 0.3) is 0 Å². The van der Waals surface area contributed by atoms with Gasteiger partial charge in [0, 0.05) is 11.6 Å². The van der Waals surface area contributed by atoms with Gasteiger partial charge in [-0.15, -0.1) is 0 Å². The predicted octanol–water partition coefficient (Wildman–Crippen LogP) is 3.00. The van der Waals surface area contributed by atoms with Crippen LogP contribution in [0, 0.1) is 0 Å². The summed E-state index contributed by atoms with van der Waals surface area (Å²) in [6, 6.07) is 4.94. The van der Waals surface area contributed by atoms with E-state index in [1.54, 1.807) is 25.1 Å². The Hall–Kier alpha value is -1.42. The van der Waals surface area contributed by atoms with Crippen LogP contribution in [0.15, 0.2) is 18.2 Å². The number of nitrogens with two attached hydrogens (primary N) is 1. The number of ether oxygens (including phenoxy) is 1. The summed E-state index contributed by atoms with van der Waals surface area (Å²) in [4.78, 5) is 11.8. The Bertz CT molecular complexity index is 424. The van der Waals surface area contributed by atoms with Gasteiger partial charge >= 0.3 is 0 Å². The molecule has 1 atom stereocenters. The molecule has 106 valence electrons. The minimum absolute atomic E-state index is 0.134. The summed E-state index contributed by atoms with van der Waals surface area (Å²) in [6.45, 7) is 4.50. The Morgan fingerprint density at radius 3 is 2.84 bits per heavy atom. The number of halogens is 1. The van der Waals surface area contributed by atoms with Crippen molar-refractivity contribution < 1.29 is 9.53 Å². The Balaban J connectivity index is 2.45. The Morgan fingerprint density at radius 2 is 2.21 bits per heavy atom. The highest BCUT2D eigenvalue weighted by Crippen LogP contribution is 2.25. The first-order valence-corrected chi connectivity index (χ1v) is 6.91. The first kappa shape index (κ1) is 15.6. The SMILES string of the molecule is CCCCCNC(=O)C(C)Oc1ccc(Cl)cc1N. The summed E-state index contributed by atoms with van der Waals surface area (Å²) < 4.78 is 5.52. The van der Waals surface area contributed by atoms with Crippen LogP contribution in [0.1, 0.15) is 33.1 Å². The lowest BCUT2D eigenvalue weighted by atomic mass is 10.2. The molecule has 19 heavy (non-hydrogen) atoms. The number of hydrogen-bond donors (Lipinski definition) is 2. The molecule has 0 heterocycles. The zero-order chi connectivity index (χ0) is 14.3. The Kier molecular flexibility index (Phi) is 6.50. The number of carbonyl (C=O) groups excluding carboxylic acids is 1. The Labute approximate surface area is 119 Å². The van der Waals surface area contributed by atoms with Gasteiger partial charge in [-0.05, 0) is 31.5 Å². The zero-order valence-electron chi connectivity index (χ0n) is 11.4. The number of rotatable bonds is 7. The van der Waals surface area contributed by atoms with Crippen LogP contribution in [0.4, 0.5) is 5.69 Å². The molecular formula is C14H21ClN2O2. The molecule has 1 aromatic carbocycles. The lowest BCUT2D eigenvalue weighted by Gasteiger charge is -2.16. The average molecular weight is 285 g/mol. The third-order valence-corrected chi connectivity index (χ3v) is 2.96. The number of carbonyl (C=O) groups is 1. The molecule has 0 aliphatic rings. The van der Waals surface area contributed by atoms with Gasteiger partial charge in [-0.3, -0.25) is 4.79 Å². The number of nitrogen functional groups attached to an aromatic ring is 1. The number of benzene rings is 1. The molecule has 0 aliphatic carbocycles. The van der Waals surface area contributed by atoms with Crippen molar-refractivity contribution in [3.8, 4) is 5.75 Å². The van der Waals surface area contributed by atoms with Crippen molar-refractivity contribution >= 4 is 23.2 Å². The van der Waals surface area contributed by atoms with Gasteiger partial charge in [0.1, 0.15) is 5.75 Å². The van der Waals surface area contributed by atoms with E-state index in [1.165, 1.54) is 0 Å². The highest BCUT2D eigenvalue weighted by Gasteiger charge is 2.15. The molecule has 0 radical (unpaired) electrons. The summed E-state index contributed by atoms with van der Waals surface area (Å²) >= 11 is 5.80. The smallest absolute Gasteiger partial charge is 0.260 e. The molecule has 0 fully saturated rings. The van der Waals surface area contributed by atoms with Crippen molar-refractivity contribution in [3.05, 3.63) is 23.2 Å². The number of hydrogen-bond acceptors (Lipinski definition) is 3. The molecule has 1 aromatic rings. The zero-order valence-corrected chi connectivity index (χ0v) is 12.2. The topological polar surface area (TPSA) is 64.3 Å². The first-order chi connectivity index (χ1) is 9.04. The van der Waals surface area contributed by atoms with E-state index in [0.717, 1.165) is 19.3 Å². The van der Waals surface area contributed by atoms with Crippen LogP contribution in [-0.4, -0.2) is 18.6 Å². The van der Waals surface area contributed by atoms with E-state index in [9.17, 15) is 4.79 Å². The van der Waals surface area contributed by atoms with E-state index in [0.29, 0.717) is 23.0 Å². The molecule has 0 saturated heterocycles. The van der Waals surface area contributed by atoms with Crippen molar-refractivity contribution in [2.24, 2.45) is 0 Å². The maximum atomic E-state index is 11.8. The molecule has 0 bridgehead atoms. The van der Waals surface area contributed by atoms with Crippen molar-refractivity contribution in [3.63, 3.8) is 0 Å². The second-order valence-corrected chi connectivity index (χ2v) is 4.88. The van der Waals surface area contributed by atoms with Gasteiger partial charge in [0.15, 0.2) is 6.10 Å². The minimum atomic E-state index is -0.579. The fourth-order valence-electron chi connectivity index (χ4n) is 1.60. The fourth-order valence-corrected chi connectivity index (χ4v) is 1.78. The number of unbranched alkanes of at least 4 members (excludes halogenated alkanes) is 2. The van der Waals surface area contributed by atoms with Crippen molar-refractivity contribution in [2.45, 2.75) is 39.2 Å². The molecule has 0 saturated carbocycles. The van der Waals surface area contributed by atoms with Gasteiger partial charge < -0.3 is 15.8 Å². The summed E-state index contributed by atoms with van der Waals surface area (Å²) in [5.41, 5.74) is 6.20.